The summed E-state index contributed by atoms with van der Waals surface area (Å²) in [5, 5.41) is 10.8. The molecule has 2 aromatic rings. The molecule has 1 N–H and O–H groups in total. The van der Waals surface area contributed by atoms with Crippen molar-refractivity contribution in [2.75, 3.05) is 0 Å². The highest BCUT2D eigenvalue weighted by molar-refractivity contribution is 7.12. The van der Waals surface area contributed by atoms with E-state index < -0.39 is 5.97 Å². The molecule has 0 aromatic carbocycles. The van der Waals surface area contributed by atoms with Crippen molar-refractivity contribution in [3.63, 3.8) is 0 Å². The van der Waals surface area contributed by atoms with Gasteiger partial charge in [-0.15, -0.1) is 11.3 Å². The molecule has 0 atom stereocenters. The van der Waals surface area contributed by atoms with E-state index in [0.29, 0.717) is 4.88 Å². The van der Waals surface area contributed by atoms with Crippen molar-refractivity contribution in [3.8, 4) is 5.69 Å². The van der Waals surface area contributed by atoms with Crippen LogP contribution in [0.2, 0.25) is 0 Å². The average Bonchev–Trinajstić information content (AvgIpc) is 2.73. The van der Waals surface area contributed by atoms with Gasteiger partial charge in [-0.25, -0.2) is 4.79 Å². The summed E-state index contributed by atoms with van der Waals surface area (Å²) in [7, 11) is 0. The van der Waals surface area contributed by atoms with Gasteiger partial charge in [0.15, 0.2) is 0 Å². The molecule has 78 valence electrons. The minimum absolute atomic E-state index is 0.386. The second-order valence-corrected chi connectivity index (χ2v) is 4.31. The molecule has 4 heteroatoms. The molecule has 0 unspecified atom stereocenters. The van der Waals surface area contributed by atoms with Gasteiger partial charge in [0.05, 0.1) is 5.69 Å². The highest BCUT2D eigenvalue weighted by atomic mass is 32.1. The molecule has 0 radical (unpaired) electrons. The largest absolute Gasteiger partial charge is 0.477 e. The van der Waals surface area contributed by atoms with Crippen molar-refractivity contribution in [2.45, 2.75) is 13.8 Å². The average molecular weight is 221 g/mol. The molecule has 0 aliphatic rings. The number of carbonyl (C=O) groups is 1. The number of thiophene rings is 1. The molecule has 0 saturated heterocycles. The zero-order chi connectivity index (χ0) is 11.0. The molecule has 0 aliphatic carbocycles. The van der Waals surface area contributed by atoms with Crippen molar-refractivity contribution in [2.24, 2.45) is 0 Å². The number of nitrogens with zero attached hydrogens (tertiary/aromatic N) is 1. The van der Waals surface area contributed by atoms with E-state index in [9.17, 15) is 4.79 Å². The van der Waals surface area contributed by atoms with Gasteiger partial charge in [-0.2, -0.15) is 0 Å². The SMILES string of the molecule is Cc1ccc(C)n1-c1ccsc1C(=O)O. The van der Waals surface area contributed by atoms with Gasteiger partial charge in [0, 0.05) is 11.4 Å². The number of hydrogen-bond acceptors (Lipinski definition) is 2. The van der Waals surface area contributed by atoms with Crippen LogP contribution in [0, 0.1) is 13.8 Å². The zero-order valence-corrected chi connectivity index (χ0v) is 9.34. The molecule has 0 amide bonds. The van der Waals surface area contributed by atoms with Gasteiger partial charge in [-0.05, 0) is 37.4 Å². The number of aromatic nitrogens is 1. The first-order valence-corrected chi connectivity index (χ1v) is 5.45. The third kappa shape index (κ3) is 1.57. The minimum atomic E-state index is -0.868. The topological polar surface area (TPSA) is 42.2 Å². The van der Waals surface area contributed by atoms with E-state index >= 15 is 0 Å². The first kappa shape index (κ1) is 9.98. The van der Waals surface area contributed by atoms with Crippen molar-refractivity contribution < 1.29 is 9.90 Å². The predicted octanol–water partition coefficient (Wildman–Crippen LogP) is 2.85. The molecule has 0 saturated carbocycles. The second kappa shape index (κ2) is 3.55. The van der Waals surface area contributed by atoms with E-state index in [2.05, 4.69) is 0 Å². The normalized spacial score (nSPS) is 10.5. The highest BCUT2D eigenvalue weighted by Gasteiger charge is 2.15. The molecule has 0 spiro atoms. The van der Waals surface area contributed by atoms with Gasteiger partial charge in [-0.3, -0.25) is 0 Å². The summed E-state index contributed by atoms with van der Waals surface area (Å²) in [6.07, 6.45) is 0. The molecular formula is C11H11NO2S. The van der Waals surface area contributed by atoms with Crippen LogP contribution in [-0.2, 0) is 0 Å². The fourth-order valence-electron chi connectivity index (χ4n) is 1.69. The van der Waals surface area contributed by atoms with Gasteiger partial charge in [0.25, 0.3) is 0 Å². The van der Waals surface area contributed by atoms with Crippen molar-refractivity contribution in [3.05, 3.63) is 39.8 Å². The van der Waals surface area contributed by atoms with E-state index in [4.69, 9.17) is 5.11 Å². The lowest BCUT2D eigenvalue weighted by atomic mass is 10.3. The fraction of sp³-hybridized carbons (Fsp3) is 0.182. The Morgan fingerprint density at radius 1 is 1.27 bits per heavy atom. The van der Waals surface area contributed by atoms with E-state index in [1.165, 1.54) is 11.3 Å². The lowest BCUT2D eigenvalue weighted by Gasteiger charge is -2.07. The Morgan fingerprint density at radius 3 is 2.40 bits per heavy atom. The molecule has 2 rings (SSSR count). The first-order chi connectivity index (χ1) is 7.11. The van der Waals surface area contributed by atoms with Crippen molar-refractivity contribution in [1.82, 2.24) is 4.57 Å². The molecular weight excluding hydrogens is 210 g/mol. The maximum absolute atomic E-state index is 11.0. The van der Waals surface area contributed by atoms with E-state index in [1.807, 2.05) is 36.6 Å². The standard InChI is InChI=1S/C11H11NO2S/c1-7-3-4-8(2)12(7)9-5-6-15-10(9)11(13)14/h3-6H,1-2H3,(H,13,14). The predicted molar refractivity (Wildman–Crippen MR) is 60.1 cm³/mol. The Kier molecular flexibility index (Phi) is 2.36. The number of carboxylic acids is 1. The van der Waals surface area contributed by atoms with Crippen LogP contribution in [0.4, 0.5) is 0 Å². The van der Waals surface area contributed by atoms with Gasteiger partial charge in [-0.1, -0.05) is 0 Å². The summed E-state index contributed by atoms with van der Waals surface area (Å²) in [4.78, 5) is 11.4. The molecule has 15 heavy (non-hydrogen) atoms. The Hall–Kier alpha value is -1.55. The monoisotopic (exact) mass is 221 g/mol. The summed E-state index contributed by atoms with van der Waals surface area (Å²) in [5.41, 5.74) is 2.86. The van der Waals surface area contributed by atoms with Crippen molar-refractivity contribution in [1.29, 1.82) is 0 Å². The van der Waals surface area contributed by atoms with Crippen LogP contribution in [0.25, 0.3) is 5.69 Å². The van der Waals surface area contributed by atoms with Gasteiger partial charge >= 0.3 is 5.97 Å². The summed E-state index contributed by atoms with van der Waals surface area (Å²) in [6, 6.07) is 5.81. The Bertz CT molecular complexity index is 491. The molecule has 2 heterocycles. The van der Waals surface area contributed by atoms with Crippen LogP contribution in [0.3, 0.4) is 0 Å². The highest BCUT2D eigenvalue weighted by Crippen LogP contribution is 2.24. The van der Waals surface area contributed by atoms with Crippen LogP contribution in [0.1, 0.15) is 21.1 Å². The number of rotatable bonds is 2. The van der Waals surface area contributed by atoms with E-state index in [-0.39, 0.29) is 0 Å². The molecule has 0 aliphatic heterocycles. The molecule has 2 aromatic heterocycles. The lowest BCUT2D eigenvalue weighted by molar-refractivity contribution is 0.0702. The Morgan fingerprint density at radius 2 is 1.87 bits per heavy atom. The fourth-order valence-corrected chi connectivity index (χ4v) is 2.40. The maximum atomic E-state index is 11.0. The van der Waals surface area contributed by atoms with Crippen LogP contribution in [-0.4, -0.2) is 15.6 Å². The quantitative estimate of drug-likeness (QED) is 0.847. The Labute approximate surface area is 91.6 Å². The van der Waals surface area contributed by atoms with Gasteiger partial charge < -0.3 is 9.67 Å². The number of aromatic carboxylic acids is 1. The molecule has 3 nitrogen and oxygen atoms in total. The third-order valence-electron chi connectivity index (χ3n) is 2.35. The first-order valence-electron chi connectivity index (χ1n) is 4.57. The minimum Gasteiger partial charge on any atom is -0.477 e. The third-order valence-corrected chi connectivity index (χ3v) is 3.24. The van der Waals surface area contributed by atoms with Crippen LogP contribution >= 0.6 is 11.3 Å². The number of hydrogen-bond donors (Lipinski definition) is 1. The summed E-state index contributed by atoms with van der Waals surface area (Å²) in [5.74, 6) is -0.868. The zero-order valence-electron chi connectivity index (χ0n) is 8.52. The number of aryl methyl sites for hydroxylation is 2. The van der Waals surface area contributed by atoms with Crippen LogP contribution in [0.15, 0.2) is 23.6 Å². The van der Waals surface area contributed by atoms with Crippen LogP contribution < -0.4 is 0 Å². The van der Waals surface area contributed by atoms with E-state index in [1.54, 1.807) is 5.38 Å². The van der Waals surface area contributed by atoms with Crippen LogP contribution in [0.5, 0.6) is 0 Å². The van der Waals surface area contributed by atoms with Crippen molar-refractivity contribution >= 4 is 17.3 Å². The van der Waals surface area contributed by atoms with Gasteiger partial charge in [0.2, 0.25) is 0 Å². The smallest absolute Gasteiger partial charge is 0.348 e. The maximum Gasteiger partial charge on any atom is 0.348 e. The number of carboxylic acid groups (broad SMARTS) is 1. The Balaban J connectivity index is 2.64. The van der Waals surface area contributed by atoms with Gasteiger partial charge in [0.1, 0.15) is 4.88 Å². The second-order valence-electron chi connectivity index (χ2n) is 3.39. The lowest BCUT2D eigenvalue weighted by Crippen LogP contribution is -2.03. The summed E-state index contributed by atoms with van der Waals surface area (Å²) >= 11 is 1.25. The van der Waals surface area contributed by atoms with E-state index in [0.717, 1.165) is 17.1 Å². The summed E-state index contributed by atoms with van der Waals surface area (Å²) < 4.78 is 1.96. The summed E-state index contributed by atoms with van der Waals surface area (Å²) in [6.45, 7) is 3.94. The molecule has 0 bridgehead atoms. The molecule has 0 fully saturated rings.